The lowest BCUT2D eigenvalue weighted by Gasteiger charge is -2.00. The van der Waals surface area contributed by atoms with Crippen LogP contribution in [0.4, 0.5) is 4.39 Å². The molecular formula is C19H12BrFN4OS. The molecule has 5 nitrogen and oxygen atoms in total. The van der Waals surface area contributed by atoms with E-state index in [0.717, 1.165) is 15.6 Å². The van der Waals surface area contributed by atoms with Crippen LogP contribution in [0, 0.1) is 5.82 Å². The van der Waals surface area contributed by atoms with Gasteiger partial charge >= 0.3 is 0 Å². The van der Waals surface area contributed by atoms with Crippen molar-refractivity contribution in [3.8, 4) is 27.6 Å². The highest BCUT2D eigenvalue weighted by atomic mass is 79.9. The SMILES string of the molecule is NC(=O)c1cc(-c2ccc(Br)cc2)nn1-c1nc(-c2ccc(F)cc2)cs1. The predicted molar refractivity (Wildman–Crippen MR) is 106 cm³/mol. The number of thiazole rings is 1. The quantitative estimate of drug-likeness (QED) is 0.499. The second kappa shape index (κ2) is 7.05. The molecule has 0 spiro atoms. The molecular weight excluding hydrogens is 431 g/mol. The molecule has 1 amide bonds. The smallest absolute Gasteiger partial charge is 0.267 e. The summed E-state index contributed by atoms with van der Waals surface area (Å²) in [5, 5.41) is 6.84. The van der Waals surface area contributed by atoms with Crippen LogP contribution >= 0.6 is 27.3 Å². The molecule has 4 rings (SSSR count). The number of amides is 1. The van der Waals surface area contributed by atoms with Gasteiger partial charge in [-0.3, -0.25) is 4.79 Å². The lowest BCUT2D eigenvalue weighted by atomic mass is 10.1. The van der Waals surface area contributed by atoms with Crippen LogP contribution in [0.25, 0.3) is 27.6 Å². The Hall–Kier alpha value is -2.84. The summed E-state index contributed by atoms with van der Waals surface area (Å²) < 4.78 is 15.5. The molecule has 0 saturated heterocycles. The lowest BCUT2D eigenvalue weighted by molar-refractivity contribution is 0.0993. The van der Waals surface area contributed by atoms with Gasteiger partial charge in [0, 0.05) is 21.0 Å². The predicted octanol–water partition coefficient (Wildman–Crippen LogP) is 4.66. The second-order valence-electron chi connectivity index (χ2n) is 5.72. The Labute approximate surface area is 166 Å². The third-order valence-corrected chi connectivity index (χ3v) is 5.26. The summed E-state index contributed by atoms with van der Waals surface area (Å²) in [5.41, 5.74) is 8.70. The molecule has 4 aromatic rings. The summed E-state index contributed by atoms with van der Waals surface area (Å²) in [6.45, 7) is 0. The van der Waals surface area contributed by atoms with Gasteiger partial charge in [0.25, 0.3) is 5.91 Å². The lowest BCUT2D eigenvalue weighted by Crippen LogP contribution is -2.16. The molecule has 0 aliphatic rings. The van der Waals surface area contributed by atoms with Gasteiger partial charge in [-0.25, -0.2) is 9.37 Å². The molecule has 0 bridgehead atoms. The molecule has 0 fully saturated rings. The van der Waals surface area contributed by atoms with E-state index in [4.69, 9.17) is 5.73 Å². The Morgan fingerprint density at radius 3 is 2.33 bits per heavy atom. The maximum absolute atomic E-state index is 13.1. The number of halogens is 2. The Balaban J connectivity index is 1.76. The summed E-state index contributed by atoms with van der Waals surface area (Å²) in [5.74, 6) is -0.902. The van der Waals surface area contributed by atoms with Gasteiger partial charge in [-0.1, -0.05) is 28.1 Å². The molecule has 134 valence electrons. The zero-order valence-corrected chi connectivity index (χ0v) is 16.2. The largest absolute Gasteiger partial charge is 0.364 e. The standard InChI is InChI=1S/C19H12BrFN4OS/c20-13-5-1-11(2-6-13)15-9-17(18(22)26)25(24-15)19-23-16(10-27-19)12-3-7-14(21)8-4-12/h1-10H,(H2,22,26). The summed E-state index contributed by atoms with van der Waals surface area (Å²) in [6, 6.07) is 15.3. The van der Waals surface area contributed by atoms with Gasteiger partial charge in [-0.2, -0.15) is 9.78 Å². The van der Waals surface area contributed by atoms with Crippen LogP contribution in [0.15, 0.2) is 64.5 Å². The second-order valence-corrected chi connectivity index (χ2v) is 7.47. The summed E-state index contributed by atoms with van der Waals surface area (Å²) >= 11 is 4.72. The van der Waals surface area contributed by atoms with Gasteiger partial charge in [-0.05, 0) is 42.5 Å². The third kappa shape index (κ3) is 3.54. The van der Waals surface area contributed by atoms with Crippen molar-refractivity contribution in [1.29, 1.82) is 0 Å². The zero-order valence-electron chi connectivity index (χ0n) is 13.8. The molecule has 0 saturated carbocycles. The number of hydrogen-bond acceptors (Lipinski definition) is 4. The Kier molecular flexibility index (Phi) is 4.59. The summed E-state index contributed by atoms with van der Waals surface area (Å²) in [7, 11) is 0. The number of carbonyl (C=O) groups excluding carboxylic acids is 1. The monoisotopic (exact) mass is 442 g/mol. The minimum atomic E-state index is -0.593. The molecule has 2 N–H and O–H groups in total. The topological polar surface area (TPSA) is 73.8 Å². The molecule has 0 unspecified atom stereocenters. The van der Waals surface area contributed by atoms with Gasteiger partial charge in [0.15, 0.2) is 0 Å². The highest BCUT2D eigenvalue weighted by molar-refractivity contribution is 9.10. The van der Waals surface area contributed by atoms with Crippen molar-refractivity contribution >= 4 is 33.2 Å². The van der Waals surface area contributed by atoms with E-state index in [9.17, 15) is 9.18 Å². The minimum absolute atomic E-state index is 0.243. The Morgan fingerprint density at radius 2 is 1.67 bits per heavy atom. The molecule has 2 heterocycles. The molecule has 27 heavy (non-hydrogen) atoms. The number of carbonyl (C=O) groups is 1. The van der Waals surface area contributed by atoms with Gasteiger partial charge in [0.05, 0.1) is 11.4 Å². The average Bonchev–Trinajstić information content (AvgIpc) is 3.30. The van der Waals surface area contributed by atoms with Gasteiger partial charge < -0.3 is 5.73 Å². The van der Waals surface area contributed by atoms with Crippen LogP contribution in [-0.2, 0) is 0 Å². The zero-order chi connectivity index (χ0) is 19.0. The number of hydrogen-bond donors (Lipinski definition) is 1. The first-order valence-electron chi connectivity index (χ1n) is 7.89. The molecule has 0 atom stereocenters. The van der Waals surface area contributed by atoms with E-state index >= 15 is 0 Å². The van der Waals surface area contributed by atoms with Crippen molar-refractivity contribution in [1.82, 2.24) is 14.8 Å². The molecule has 0 aliphatic heterocycles. The molecule has 2 aromatic carbocycles. The Bertz CT molecular complexity index is 1120. The highest BCUT2D eigenvalue weighted by Gasteiger charge is 2.18. The first-order chi connectivity index (χ1) is 13.0. The van der Waals surface area contributed by atoms with E-state index in [-0.39, 0.29) is 11.5 Å². The van der Waals surface area contributed by atoms with Crippen LogP contribution in [-0.4, -0.2) is 20.7 Å². The number of nitrogens with zero attached hydrogens (tertiary/aromatic N) is 3. The van der Waals surface area contributed by atoms with E-state index in [2.05, 4.69) is 26.0 Å². The average molecular weight is 443 g/mol. The fraction of sp³-hybridized carbons (Fsp3) is 0. The molecule has 0 radical (unpaired) electrons. The van der Waals surface area contributed by atoms with E-state index in [1.807, 2.05) is 29.6 Å². The maximum atomic E-state index is 13.1. The fourth-order valence-electron chi connectivity index (χ4n) is 2.58. The van der Waals surface area contributed by atoms with Crippen LogP contribution in [0.5, 0.6) is 0 Å². The van der Waals surface area contributed by atoms with Crippen molar-refractivity contribution in [2.75, 3.05) is 0 Å². The number of benzene rings is 2. The van der Waals surface area contributed by atoms with Crippen molar-refractivity contribution < 1.29 is 9.18 Å². The number of nitrogens with two attached hydrogens (primary N) is 1. The third-order valence-electron chi connectivity index (χ3n) is 3.92. The van der Waals surface area contributed by atoms with E-state index < -0.39 is 5.91 Å². The van der Waals surface area contributed by atoms with Crippen LogP contribution in [0.1, 0.15) is 10.5 Å². The van der Waals surface area contributed by atoms with Crippen molar-refractivity contribution in [3.63, 3.8) is 0 Å². The summed E-state index contributed by atoms with van der Waals surface area (Å²) in [6.07, 6.45) is 0. The number of rotatable bonds is 4. The summed E-state index contributed by atoms with van der Waals surface area (Å²) in [4.78, 5) is 16.4. The highest BCUT2D eigenvalue weighted by Crippen LogP contribution is 2.27. The van der Waals surface area contributed by atoms with Crippen molar-refractivity contribution in [2.24, 2.45) is 5.73 Å². The first kappa shape index (κ1) is 17.6. The number of primary amides is 1. The normalized spacial score (nSPS) is 10.9. The van der Waals surface area contributed by atoms with E-state index in [1.165, 1.54) is 28.2 Å². The van der Waals surface area contributed by atoms with Gasteiger partial charge in [0.2, 0.25) is 5.13 Å². The van der Waals surface area contributed by atoms with Crippen molar-refractivity contribution in [3.05, 3.63) is 76.0 Å². The van der Waals surface area contributed by atoms with Crippen LogP contribution in [0.2, 0.25) is 0 Å². The molecule has 2 aromatic heterocycles. The van der Waals surface area contributed by atoms with Gasteiger partial charge in [-0.15, -0.1) is 11.3 Å². The van der Waals surface area contributed by atoms with Crippen LogP contribution in [0.3, 0.4) is 0 Å². The first-order valence-corrected chi connectivity index (χ1v) is 9.56. The maximum Gasteiger partial charge on any atom is 0.267 e. The van der Waals surface area contributed by atoms with Gasteiger partial charge in [0.1, 0.15) is 11.5 Å². The van der Waals surface area contributed by atoms with E-state index in [0.29, 0.717) is 16.5 Å². The Morgan fingerprint density at radius 1 is 1.04 bits per heavy atom. The number of aromatic nitrogens is 3. The molecule has 8 heteroatoms. The van der Waals surface area contributed by atoms with Crippen LogP contribution < -0.4 is 5.73 Å². The minimum Gasteiger partial charge on any atom is -0.364 e. The van der Waals surface area contributed by atoms with Crippen molar-refractivity contribution in [2.45, 2.75) is 0 Å². The van der Waals surface area contributed by atoms with E-state index in [1.54, 1.807) is 18.2 Å². The molecule has 0 aliphatic carbocycles. The fourth-order valence-corrected chi connectivity index (χ4v) is 3.64.